The smallest absolute Gasteiger partial charge is 0.317 e. The summed E-state index contributed by atoms with van der Waals surface area (Å²) in [5, 5.41) is 15.6. The van der Waals surface area contributed by atoms with Crippen molar-refractivity contribution in [2.45, 2.75) is 64.9 Å². The van der Waals surface area contributed by atoms with Crippen LogP contribution in [0.3, 0.4) is 0 Å². The molecule has 0 aromatic carbocycles. The predicted octanol–water partition coefficient (Wildman–Crippen LogP) is 3.31. The number of aryl methyl sites for hydroxylation is 2. The van der Waals surface area contributed by atoms with E-state index in [-0.39, 0.29) is 18.7 Å². The first-order chi connectivity index (χ1) is 15.5. The Morgan fingerprint density at radius 2 is 2.09 bits per heavy atom. The van der Waals surface area contributed by atoms with Gasteiger partial charge in [0.05, 0.1) is 12.0 Å². The maximum Gasteiger partial charge on any atom is 0.317 e. The molecule has 2 amide bonds. The van der Waals surface area contributed by atoms with E-state index >= 15 is 0 Å². The lowest BCUT2D eigenvalue weighted by molar-refractivity contribution is -0.142. The van der Waals surface area contributed by atoms with Crippen LogP contribution in [0.25, 0.3) is 0 Å². The Hall–Kier alpha value is -2.35. The van der Waals surface area contributed by atoms with E-state index in [9.17, 15) is 14.7 Å². The van der Waals surface area contributed by atoms with Gasteiger partial charge in [0.15, 0.2) is 0 Å². The first-order valence-corrected chi connectivity index (χ1v) is 12.1. The fourth-order valence-electron chi connectivity index (χ4n) is 4.43. The van der Waals surface area contributed by atoms with Gasteiger partial charge in [-0.25, -0.2) is 9.78 Å². The average Bonchev–Trinajstić information content (AvgIpc) is 2.77. The predicted molar refractivity (Wildman–Crippen MR) is 124 cm³/mol. The number of anilines is 1. The fourth-order valence-corrected chi connectivity index (χ4v) is 4.43. The van der Waals surface area contributed by atoms with Crippen LogP contribution in [-0.4, -0.2) is 65.9 Å². The highest BCUT2D eigenvalue weighted by molar-refractivity contribution is 5.76. The number of aliphatic carboxylic acids is 1. The van der Waals surface area contributed by atoms with E-state index in [0.29, 0.717) is 32.0 Å². The number of ether oxygens (including phenoxy) is 1. The molecule has 1 aliphatic heterocycles. The third-order valence-corrected chi connectivity index (χ3v) is 6.67. The molecule has 1 aliphatic carbocycles. The standard InChI is InChI=1S/C24H38N4O4/c1-3-28(4-2)24(31)26-16-19(23(29)30)11-13-32-21-14-17(15-21)7-9-20-10-8-18-6-5-12-25-22(18)27-20/h8,10,17,19,21H,3-7,9,11-16H2,1-2H3,(H,25,27)(H,26,31)(H,29,30)/t17-,19?,21-. The van der Waals surface area contributed by atoms with Crippen LogP contribution >= 0.6 is 0 Å². The van der Waals surface area contributed by atoms with Crippen LogP contribution in [0.4, 0.5) is 10.6 Å². The number of hydrogen-bond donors (Lipinski definition) is 3. The largest absolute Gasteiger partial charge is 0.481 e. The Bertz CT molecular complexity index is 762. The minimum Gasteiger partial charge on any atom is -0.481 e. The molecule has 2 heterocycles. The Morgan fingerprint density at radius 1 is 1.31 bits per heavy atom. The third kappa shape index (κ3) is 6.82. The molecule has 1 aromatic rings. The van der Waals surface area contributed by atoms with E-state index in [4.69, 9.17) is 9.72 Å². The molecule has 1 fully saturated rings. The number of nitrogens with zero attached hydrogens (tertiary/aromatic N) is 2. The quantitative estimate of drug-likeness (QED) is 0.455. The molecule has 2 aliphatic rings. The van der Waals surface area contributed by atoms with Crippen molar-refractivity contribution in [3.8, 4) is 0 Å². The number of fused-ring (bicyclic) bond motifs is 1. The molecule has 3 N–H and O–H groups in total. The van der Waals surface area contributed by atoms with Gasteiger partial charge >= 0.3 is 12.0 Å². The summed E-state index contributed by atoms with van der Waals surface area (Å²) in [7, 11) is 0. The number of hydrogen-bond acceptors (Lipinski definition) is 5. The summed E-state index contributed by atoms with van der Waals surface area (Å²) >= 11 is 0. The first-order valence-electron chi connectivity index (χ1n) is 12.1. The lowest BCUT2D eigenvalue weighted by atomic mass is 9.79. The summed E-state index contributed by atoms with van der Waals surface area (Å²) in [5.74, 6) is 0.181. The molecule has 1 unspecified atom stereocenters. The lowest BCUT2D eigenvalue weighted by Crippen LogP contribution is -2.43. The Labute approximate surface area is 191 Å². The lowest BCUT2D eigenvalue weighted by Gasteiger charge is -2.35. The van der Waals surface area contributed by atoms with E-state index in [1.807, 2.05) is 13.8 Å². The molecule has 32 heavy (non-hydrogen) atoms. The Kier molecular flexibility index (Phi) is 9.14. The Morgan fingerprint density at radius 3 is 2.81 bits per heavy atom. The summed E-state index contributed by atoms with van der Waals surface area (Å²) < 4.78 is 5.90. The summed E-state index contributed by atoms with van der Waals surface area (Å²) in [6.45, 7) is 6.56. The van der Waals surface area contributed by atoms with Crippen molar-refractivity contribution >= 4 is 17.8 Å². The van der Waals surface area contributed by atoms with E-state index in [0.717, 1.165) is 50.2 Å². The van der Waals surface area contributed by atoms with Crippen LogP contribution in [-0.2, 0) is 22.4 Å². The van der Waals surface area contributed by atoms with Gasteiger partial charge in [0.25, 0.3) is 0 Å². The van der Waals surface area contributed by atoms with Crippen molar-refractivity contribution < 1.29 is 19.4 Å². The number of rotatable bonds is 12. The van der Waals surface area contributed by atoms with Crippen molar-refractivity contribution in [3.05, 3.63) is 23.4 Å². The number of carboxylic acids is 1. The van der Waals surface area contributed by atoms with E-state index < -0.39 is 11.9 Å². The van der Waals surface area contributed by atoms with Gasteiger partial charge in [0.1, 0.15) is 5.82 Å². The molecule has 0 saturated heterocycles. The van der Waals surface area contributed by atoms with E-state index in [1.165, 1.54) is 12.0 Å². The number of nitrogens with one attached hydrogen (secondary N) is 2. The molecule has 178 valence electrons. The second-order valence-corrected chi connectivity index (χ2v) is 8.89. The van der Waals surface area contributed by atoms with Gasteiger partial charge in [0, 0.05) is 38.5 Å². The zero-order valence-corrected chi connectivity index (χ0v) is 19.4. The number of aromatic nitrogens is 1. The molecule has 3 rings (SSSR count). The maximum atomic E-state index is 12.0. The van der Waals surface area contributed by atoms with Crippen LogP contribution in [0, 0.1) is 11.8 Å². The molecule has 1 aromatic heterocycles. The third-order valence-electron chi connectivity index (χ3n) is 6.67. The fraction of sp³-hybridized carbons (Fsp3) is 0.708. The van der Waals surface area contributed by atoms with Gasteiger partial charge in [-0.05, 0) is 76.3 Å². The normalized spacial score (nSPS) is 20.4. The molecular weight excluding hydrogens is 408 g/mol. The van der Waals surface area contributed by atoms with Crippen molar-refractivity contribution in [3.63, 3.8) is 0 Å². The van der Waals surface area contributed by atoms with Crippen molar-refractivity contribution in [2.75, 3.05) is 38.1 Å². The van der Waals surface area contributed by atoms with Crippen LogP contribution < -0.4 is 10.6 Å². The second-order valence-electron chi connectivity index (χ2n) is 8.89. The minimum atomic E-state index is -0.896. The number of carbonyl (C=O) groups is 2. The number of pyridine rings is 1. The molecule has 1 atom stereocenters. The van der Waals surface area contributed by atoms with Gasteiger partial charge in [0.2, 0.25) is 0 Å². The van der Waals surface area contributed by atoms with Crippen LogP contribution in [0.2, 0.25) is 0 Å². The minimum absolute atomic E-state index is 0.129. The highest BCUT2D eigenvalue weighted by atomic mass is 16.5. The number of carboxylic acid groups (broad SMARTS) is 1. The SMILES string of the molecule is CCN(CC)C(=O)NCC(CCO[C@H]1C[C@H](CCc2ccc3c(n2)NCCC3)C1)C(=O)O. The molecule has 1 saturated carbocycles. The summed E-state index contributed by atoms with van der Waals surface area (Å²) in [4.78, 5) is 29.9. The van der Waals surface area contributed by atoms with Crippen molar-refractivity contribution in [1.29, 1.82) is 0 Å². The zero-order chi connectivity index (χ0) is 22.9. The van der Waals surface area contributed by atoms with E-state index in [1.54, 1.807) is 4.90 Å². The highest BCUT2D eigenvalue weighted by Crippen LogP contribution is 2.34. The van der Waals surface area contributed by atoms with Crippen LogP contribution in [0.15, 0.2) is 12.1 Å². The summed E-state index contributed by atoms with van der Waals surface area (Å²) in [6.07, 6.45) is 7.07. The number of urea groups is 1. The zero-order valence-electron chi connectivity index (χ0n) is 19.4. The summed E-state index contributed by atoms with van der Waals surface area (Å²) in [5.41, 5.74) is 2.47. The maximum absolute atomic E-state index is 12.0. The first kappa shape index (κ1) is 24.3. The van der Waals surface area contributed by atoms with Gasteiger partial charge < -0.3 is 25.4 Å². The molecule has 0 bridgehead atoms. The molecule has 0 radical (unpaired) electrons. The second kappa shape index (κ2) is 12.0. The molecule has 8 nitrogen and oxygen atoms in total. The molecule has 0 spiro atoms. The monoisotopic (exact) mass is 446 g/mol. The summed E-state index contributed by atoms with van der Waals surface area (Å²) in [6, 6.07) is 4.15. The number of carbonyl (C=O) groups excluding carboxylic acids is 1. The average molecular weight is 447 g/mol. The number of amides is 2. The van der Waals surface area contributed by atoms with Crippen LogP contribution in [0.1, 0.15) is 57.2 Å². The van der Waals surface area contributed by atoms with E-state index in [2.05, 4.69) is 22.8 Å². The highest BCUT2D eigenvalue weighted by Gasteiger charge is 2.30. The topological polar surface area (TPSA) is 104 Å². The van der Waals surface area contributed by atoms with Gasteiger partial charge in [-0.15, -0.1) is 0 Å². The van der Waals surface area contributed by atoms with Crippen molar-refractivity contribution in [2.24, 2.45) is 11.8 Å². The Balaban J connectivity index is 1.30. The molecular formula is C24H38N4O4. The molecule has 8 heteroatoms. The van der Waals surface area contributed by atoms with Gasteiger partial charge in [-0.2, -0.15) is 0 Å². The van der Waals surface area contributed by atoms with Crippen molar-refractivity contribution in [1.82, 2.24) is 15.2 Å². The van der Waals surface area contributed by atoms with Crippen LogP contribution in [0.5, 0.6) is 0 Å². The van der Waals surface area contributed by atoms with Gasteiger partial charge in [-0.3, -0.25) is 4.79 Å². The van der Waals surface area contributed by atoms with Gasteiger partial charge in [-0.1, -0.05) is 6.07 Å².